The number of rotatable bonds is 7. The van der Waals surface area contributed by atoms with Crippen molar-refractivity contribution >= 4 is 17.3 Å². The minimum atomic E-state index is -0.0287. The van der Waals surface area contributed by atoms with Gasteiger partial charge in [0.2, 0.25) is 5.91 Å². The molecule has 0 radical (unpaired) electrons. The van der Waals surface area contributed by atoms with Gasteiger partial charge in [0.15, 0.2) is 0 Å². The summed E-state index contributed by atoms with van der Waals surface area (Å²) in [5, 5.41) is 6.23. The van der Waals surface area contributed by atoms with Gasteiger partial charge in [0, 0.05) is 16.9 Å². The lowest BCUT2D eigenvalue weighted by atomic mass is 9.94. The first-order chi connectivity index (χ1) is 12.7. The molecule has 1 aliphatic carbocycles. The number of carbonyl (C=O) groups is 1. The Balaban J connectivity index is 1.55. The van der Waals surface area contributed by atoms with Crippen molar-refractivity contribution < 1.29 is 9.69 Å². The van der Waals surface area contributed by atoms with Crippen LogP contribution in [0.1, 0.15) is 37.7 Å². The molecule has 1 fully saturated rings. The molecule has 3 rings (SSSR count). The fraction of sp³-hybridized carbons (Fsp3) is 0.409. The minimum Gasteiger partial charge on any atom is -0.376 e. The molecule has 0 aliphatic heterocycles. The van der Waals surface area contributed by atoms with Crippen LogP contribution in [0.15, 0.2) is 54.6 Å². The molecular weight excluding hydrogens is 322 g/mol. The Labute approximate surface area is 156 Å². The maximum atomic E-state index is 12.2. The van der Waals surface area contributed by atoms with Crippen molar-refractivity contribution in [2.75, 3.05) is 24.2 Å². The molecule has 0 aromatic heterocycles. The van der Waals surface area contributed by atoms with Gasteiger partial charge < -0.3 is 15.5 Å². The van der Waals surface area contributed by atoms with Crippen LogP contribution in [0.4, 0.5) is 11.4 Å². The molecule has 0 saturated heterocycles. The van der Waals surface area contributed by atoms with Crippen molar-refractivity contribution in [3.05, 3.63) is 60.2 Å². The molecule has 1 aliphatic rings. The van der Waals surface area contributed by atoms with Gasteiger partial charge in [-0.1, -0.05) is 42.8 Å². The molecule has 3 N–H and O–H groups in total. The highest BCUT2D eigenvalue weighted by Gasteiger charge is 2.22. The Bertz CT molecular complexity index is 696. The molecule has 26 heavy (non-hydrogen) atoms. The Morgan fingerprint density at radius 1 is 1.00 bits per heavy atom. The van der Waals surface area contributed by atoms with E-state index < -0.39 is 0 Å². The van der Waals surface area contributed by atoms with Crippen LogP contribution in [0, 0.1) is 0 Å². The van der Waals surface area contributed by atoms with E-state index in [0.29, 0.717) is 0 Å². The van der Waals surface area contributed by atoms with E-state index in [0.717, 1.165) is 24.0 Å². The van der Waals surface area contributed by atoms with Crippen LogP contribution >= 0.6 is 0 Å². The zero-order valence-electron chi connectivity index (χ0n) is 15.6. The second kappa shape index (κ2) is 9.39. The van der Waals surface area contributed by atoms with Gasteiger partial charge in [-0.05, 0) is 43.9 Å². The summed E-state index contributed by atoms with van der Waals surface area (Å²) in [5.41, 5.74) is 3.17. The largest absolute Gasteiger partial charge is 0.376 e. The van der Waals surface area contributed by atoms with E-state index in [4.69, 9.17) is 0 Å². The van der Waals surface area contributed by atoms with Crippen LogP contribution in [0.25, 0.3) is 0 Å². The van der Waals surface area contributed by atoms with Crippen LogP contribution in [-0.2, 0) is 11.3 Å². The van der Waals surface area contributed by atoms with E-state index in [9.17, 15) is 4.79 Å². The van der Waals surface area contributed by atoms with Crippen molar-refractivity contribution in [1.29, 1.82) is 0 Å². The average Bonchev–Trinajstić information content (AvgIpc) is 2.69. The third kappa shape index (κ3) is 5.33. The SMILES string of the molecule is C[NH+](Cc1ccccc1NCC(=O)Nc1ccccc1)C1CCCCC1. The molecule has 0 spiro atoms. The first-order valence-corrected chi connectivity index (χ1v) is 9.71. The summed E-state index contributed by atoms with van der Waals surface area (Å²) >= 11 is 0. The molecule has 0 heterocycles. The van der Waals surface area contributed by atoms with E-state index in [2.05, 4.69) is 35.9 Å². The van der Waals surface area contributed by atoms with Gasteiger partial charge in [-0.15, -0.1) is 0 Å². The van der Waals surface area contributed by atoms with Crippen LogP contribution in [-0.4, -0.2) is 25.5 Å². The van der Waals surface area contributed by atoms with Crippen LogP contribution in [0.5, 0.6) is 0 Å². The first-order valence-electron chi connectivity index (χ1n) is 9.71. The highest BCUT2D eigenvalue weighted by molar-refractivity contribution is 5.93. The lowest BCUT2D eigenvalue weighted by molar-refractivity contribution is -0.921. The molecule has 1 amide bonds. The van der Waals surface area contributed by atoms with E-state index >= 15 is 0 Å². The fourth-order valence-electron chi connectivity index (χ4n) is 3.79. The lowest BCUT2D eigenvalue weighted by Gasteiger charge is -2.28. The normalized spacial score (nSPS) is 16.0. The topological polar surface area (TPSA) is 45.6 Å². The molecule has 4 nitrogen and oxygen atoms in total. The van der Waals surface area contributed by atoms with E-state index in [1.54, 1.807) is 4.90 Å². The van der Waals surface area contributed by atoms with Crippen LogP contribution < -0.4 is 15.5 Å². The average molecular weight is 353 g/mol. The third-order valence-electron chi connectivity index (χ3n) is 5.29. The molecule has 2 aromatic rings. The van der Waals surface area contributed by atoms with E-state index in [1.807, 2.05) is 36.4 Å². The second-order valence-electron chi connectivity index (χ2n) is 7.28. The van der Waals surface area contributed by atoms with Crippen LogP contribution in [0.3, 0.4) is 0 Å². The molecule has 1 atom stereocenters. The monoisotopic (exact) mass is 352 g/mol. The van der Waals surface area contributed by atoms with E-state index in [-0.39, 0.29) is 12.5 Å². The molecule has 1 unspecified atom stereocenters. The summed E-state index contributed by atoms with van der Waals surface area (Å²) in [6.45, 7) is 1.27. The van der Waals surface area contributed by atoms with Gasteiger partial charge in [-0.3, -0.25) is 4.79 Å². The van der Waals surface area contributed by atoms with Crippen molar-refractivity contribution in [3.63, 3.8) is 0 Å². The number of carbonyl (C=O) groups excluding carboxylic acids is 1. The highest BCUT2D eigenvalue weighted by atomic mass is 16.1. The molecule has 2 aromatic carbocycles. The van der Waals surface area contributed by atoms with Crippen molar-refractivity contribution in [1.82, 2.24) is 0 Å². The van der Waals surface area contributed by atoms with Gasteiger partial charge in [-0.25, -0.2) is 0 Å². The summed E-state index contributed by atoms with van der Waals surface area (Å²) < 4.78 is 0. The van der Waals surface area contributed by atoms with E-state index in [1.165, 1.54) is 37.7 Å². The quantitative estimate of drug-likeness (QED) is 0.717. The van der Waals surface area contributed by atoms with Gasteiger partial charge in [0.05, 0.1) is 19.6 Å². The van der Waals surface area contributed by atoms with Crippen molar-refractivity contribution in [2.45, 2.75) is 44.7 Å². The zero-order chi connectivity index (χ0) is 18.2. The molecule has 0 bridgehead atoms. The number of nitrogens with one attached hydrogen (secondary N) is 3. The van der Waals surface area contributed by atoms with Crippen LogP contribution in [0.2, 0.25) is 0 Å². The summed E-state index contributed by atoms with van der Waals surface area (Å²) in [7, 11) is 2.30. The Hall–Kier alpha value is -2.33. The highest BCUT2D eigenvalue weighted by Crippen LogP contribution is 2.17. The molecular formula is C22H30N3O+. The third-order valence-corrected chi connectivity index (χ3v) is 5.29. The summed E-state index contributed by atoms with van der Waals surface area (Å²) in [6, 6.07) is 18.7. The Morgan fingerprint density at radius 3 is 2.46 bits per heavy atom. The number of anilines is 2. The maximum Gasteiger partial charge on any atom is 0.243 e. The lowest BCUT2D eigenvalue weighted by Crippen LogP contribution is -3.11. The summed E-state index contributed by atoms with van der Waals surface area (Å²) in [6.07, 6.45) is 6.78. The van der Waals surface area contributed by atoms with Gasteiger partial charge in [-0.2, -0.15) is 0 Å². The predicted molar refractivity (Wildman–Crippen MR) is 107 cm³/mol. The Kier molecular flexibility index (Phi) is 6.67. The smallest absolute Gasteiger partial charge is 0.243 e. The predicted octanol–water partition coefficient (Wildman–Crippen LogP) is 3.08. The van der Waals surface area contributed by atoms with Gasteiger partial charge >= 0.3 is 0 Å². The molecule has 138 valence electrons. The van der Waals surface area contributed by atoms with Gasteiger partial charge in [0.1, 0.15) is 6.54 Å². The first kappa shape index (κ1) is 18.5. The number of hydrogen-bond acceptors (Lipinski definition) is 2. The zero-order valence-corrected chi connectivity index (χ0v) is 15.6. The molecule has 1 saturated carbocycles. The summed E-state index contributed by atoms with van der Waals surface area (Å²) in [5.74, 6) is -0.0287. The number of amides is 1. The van der Waals surface area contributed by atoms with Crippen molar-refractivity contribution in [3.8, 4) is 0 Å². The minimum absolute atomic E-state index is 0.0287. The van der Waals surface area contributed by atoms with Crippen molar-refractivity contribution in [2.24, 2.45) is 0 Å². The fourth-order valence-corrected chi connectivity index (χ4v) is 3.79. The maximum absolute atomic E-state index is 12.2. The molecule has 4 heteroatoms. The number of para-hydroxylation sites is 2. The number of hydrogen-bond donors (Lipinski definition) is 3. The van der Waals surface area contributed by atoms with Gasteiger partial charge in [0.25, 0.3) is 0 Å². The second-order valence-corrected chi connectivity index (χ2v) is 7.28. The Morgan fingerprint density at radius 2 is 1.69 bits per heavy atom. The summed E-state index contributed by atoms with van der Waals surface area (Å²) in [4.78, 5) is 13.8. The number of quaternary nitrogens is 1. The standard InChI is InChI=1S/C22H29N3O/c1-25(20-13-6-3-7-14-20)17-18-10-8-9-15-21(18)23-16-22(26)24-19-11-4-2-5-12-19/h2,4-5,8-12,15,20,23H,3,6-7,13-14,16-17H2,1H3,(H,24,26)/p+1. The number of benzene rings is 2.